The van der Waals surface area contributed by atoms with Crippen LogP contribution in [0, 0.1) is 0 Å². The summed E-state index contributed by atoms with van der Waals surface area (Å²) < 4.78 is 1.73. The normalized spacial score (nSPS) is 16.6. The highest BCUT2D eigenvalue weighted by molar-refractivity contribution is 6.31. The minimum absolute atomic E-state index is 0.143. The Morgan fingerprint density at radius 3 is 2.59 bits per heavy atom. The van der Waals surface area contributed by atoms with Gasteiger partial charge in [-0.2, -0.15) is 4.68 Å². The molecule has 0 saturated carbocycles. The maximum absolute atomic E-state index is 6.35. The predicted molar refractivity (Wildman–Crippen MR) is 85.4 cm³/mol. The Morgan fingerprint density at radius 1 is 1.00 bits per heavy atom. The summed E-state index contributed by atoms with van der Waals surface area (Å²) in [6.45, 7) is 0. The summed E-state index contributed by atoms with van der Waals surface area (Å²) in [5, 5.41) is 15.8. The first-order chi connectivity index (χ1) is 10.8. The van der Waals surface area contributed by atoms with Gasteiger partial charge in [0.05, 0.1) is 0 Å². The fraction of sp³-hybridized carbons (Fsp3) is 0.0625. The molecule has 1 N–H and O–H groups in total. The van der Waals surface area contributed by atoms with Gasteiger partial charge in [0.2, 0.25) is 5.95 Å². The number of fused-ring (bicyclic) bond motifs is 1. The second-order valence-corrected chi connectivity index (χ2v) is 5.39. The molecule has 1 atom stereocenters. The van der Waals surface area contributed by atoms with Gasteiger partial charge in [0.25, 0.3) is 0 Å². The summed E-state index contributed by atoms with van der Waals surface area (Å²) in [6, 6.07) is 17.7. The number of hydrogen-bond donors (Lipinski definition) is 1. The molecule has 3 aromatic rings. The molecule has 5 nitrogen and oxygen atoms in total. The highest BCUT2D eigenvalue weighted by Gasteiger charge is 2.25. The fourth-order valence-electron chi connectivity index (χ4n) is 2.58. The fourth-order valence-corrected chi connectivity index (χ4v) is 2.82. The molecule has 0 bridgehead atoms. The lowest BCUT2D eigenvalue weighted by molar-refractivity contribution is 0.586. The van der Waals surface area contributed by atoms with Crippen LogP contribution in [0.4, 0.5) is 5.95 Å². The zero-order valence-electron chi connectivity index (χ0n) is 11.5. The molecule has 0 unspecified atom stereocenters. The Morgan fingerprint density at radius 2 is 1.77 bits per heavy atom. The SMILES string of the molecule is Clc1ccccc1[C@H]1C=C(c2ccccc2)Nc2nnnn21. The van der Waals surface area contributed by atoms with Gasteiger partial charge in [0.1, 0.15) is 6.04 Å². The van der Waals surface area contributed by atoms with Crippen molar-refractivity contribution in [2.75, 3.05) is 5.32 Å². The molecule has 6 heteroatoms. The van der Waals surface area contributed by atoms with Gasteiger partial charge in [-0.05, 0) is 33.7 Å². The van der Waals surface area contributed by atoms with E-state index in [9.17, 15) is 0 Å². The van der Waals surface area contributed by atoms with Crippen molar-refractivity contribution in [2.24, 2.45) is 0 Å². The molecule has 4 rings (SSSR count). The number of anilines is 1. The largest absolute Gasteiger partial charge is 0.323 e. The van der Waals surface area contributed by atoms with Crippen molar-refractivity contribution in [3.8, 4) is 0 Å². The van der Waals surface area contributed by atoms with Gasteiger partial charge in [-0.1, -0.05) is 65.2 Å². The van der Waals surface area contributed by atoms with Crippen LogP contribution in [-0.4, -0.2) is 20.2 Å². The van der Waals surface area contributed by atoms with E-state index in [1.807, 2.05) is 54.6 Å². The lowest BCUT2D eigenvalue weighted by Crippen LogP contribution is -2.20. The molecule has 0 fully saturated rings. The first kappa shape index (κ1) is 13.0. The average molecular weight is 310 g/mol. The minimum Gasteiger partial charge on any atom is -0.323 e. The van der Waals surface area contributed by atoms with Gasteiger partial charge in [-0.3, -0.25) is 0 Å². The first-order valence-corrected chi connectivity index (χ1v) is 7.27. The summed E-state index contributed by atoms with van der Waals surface area (Å²) in [4.78, 5) is 0. The highest BCUT2D eigenvalue weighted by atomic mass is 35.5. The molecule has 0 spiro atoms. The van der Waals surface area contributed by atoms with Crippen LogP contribution in [0.25, 0.3) is 5.70 Å². The zero-order chi connectivity index (χ0) is 14.9. The molecule has 2 heterocycles. The van der Waals surface area contributed by atoms with E-state index in [1.54, 1.807) is 4.68 Å². The number of halogens is 1. The first-order valence-electron chi connectivity index (χ1n) is 6.89. The van der Waals surface area contributed by atoms with E-state index in [1.165, 1.54) is 0 Å². The summed E-state index contributed by atoms with van der Waals surface area (Å²) in [5.41, 5.74) is 3.01. The minimum atomic E-state index is -0.143. The van der Waals surface area contributed by atoms with Crippen LogP contribution >= 0.6 is 11.6 Å². The van der Waals surface area contributed by atoms with Gasteiger partial charge < -0.3 is 5.32 Å². The van der Waals surface area contributed by atoms with Crippen LogP contribution in [0.15, 0.2) is 60.7 Å². The molecular formula is C16H12ClN5. The van der Waals surface area contributed by atoms with E-state index in [0.717, 1.165) is 16.8 Å². The van der Waals surface area contributed by atoms with Crippen LogP contribution in [0.2, 0.25) is 5.02 Å². The Labute approximate surface area is 132 Å². The number of nitrogens with zero attached hydrogens (tertiary/aromatic N) is 4. The van der Waals surface area contributed by atoms with Crippen molar-refractivity contribution in [3.63, 3.8) is 0 Å². The molecule has 0 saturated heterocycles. The third kappa shape index (κ3) is 2.16. The number of hydrogen-bond acceptors (Lipinski definition) is 4. The second kappa shape index (κ2) is 5.27. The Hall–Kier alpha value is -2.66. The maximum atomic E-state index is 6.35. The lowest BCUT2D eigenvalue weighted by atomic mass is 10.0. The molecule has 22 heavy (non-hydrogen) atoms. The molecule has 0 aliphatic carbocycles. The summed E-state index contributed by atoms with van der Waals surface area (Å²) in [6.07, 6.45) is 2.08. The predicted octanol–water partition coefficient (Wildman–Crippen LogP) is 3.38. The molecule has 1 aromatic heterocycles. The van der Waals surface area contributed by atoms with Gasteiger partial charge in [0.15, 0.2) is 0 Å². The van der Waals surface area contributed by atoms with Crippen LogP contribution in [0.1, 0.15) is 17.2 Å². The number of nitrogens with one attached hydrogen (secondary N) is 1. The molecule has 0 radical (unpaired) electrons. The maximum Gasteiger partial charge on any atom is 0.248 e. The zero-order valence-corrected chi connectivity index (χ0v) is 12.3. The van der Waals surface area contributed by atoms with Crippen molar-refractivity contribution in [1.29, 1.82) is 0 Å². The standard InChI is InChI=1S/C16H12ClN5/c17-13-9-5-4-8-12(13)15-10-14(11-6-2-1-3-7-11)18-16-19-20-21-22(15)16/h1-10,15H,(H,18,19,21)/t15-/m1/s1. The van der Waals surface area contributed by atoms with Crippen molar-refractivity contribution in [3.05, 3.63) is 76.8 Å². The monoisotopic (exact) mass is 309 g/mol. The van der Waals surface area contributed by atoms with Gasteiger partial charge in [0, 0.05) is 10.7 Å². The summed E-state index contributed by atoms with van der Waals surface area (Å²) in [7, 11) is 0. The van der Waals surface area contributed by atoms with E-state index in [2.05, 4.69) is 26.9 Å². The molecular weight excluding hydrogens is 298 g/mol. The van der Waals surface area contributed by atoms with E-state index < -0.39 is 0 Å². The van der Waals surface area contributed by atoms with Crippen LogP contribution in [0.5, 0.6) is 0 Å². The number of allylic oxidation sites excluding steroid dienone is 1. The van der Waals surface area contributed by atoms with Crippen molar-refractivity contribution in [1.82, 2.24) is 20.2 Å². The smallest absolute Gasteiger partial charge is 0.248 e. The summed E-state index contributed by atoms with van der Waals surface area (Å²) >= 11 is 6.35. The second-order valence-electron chi connectivity index (χ2n) is 4.98. The molecule has 2 aromatic carbocycles. The van der Waals surface area contributed by atoms with E-state index in [4.69, 9.17) is 11.6 Å². The summed E-state index contributed by atoms with van der Waals surface area (Å²) in [5.74, 6) is 0.603. The van der Waals surface area contributed by atoms with Crippen molar-refractivity contribution in [2.45, 2.75) is 6.04 Å². The van der Waals surface area contributed by atoms with Crippen LogP contribution in [-0.2, 0) is 0 Å². The highest BCUT2D eigenvalue weighted by Crippen LogP contribution is 2.34. The van der Waals surface area contributed by atoms with Crippen molar-refractivity contribution >= 4 is 23.2 Å². The van der Waals surface area contributed by atoms with E-state index in [0.29, 0.717) is 11.0 Å². The van der Waals surface area contributed by atoms with E-state index >= 15 is 0 Å². The van der Waals surface area contributed by atoms with Crippen molar-refractivity contribution < 1.29 is 0 Å². The topological polar surface area (TPSA) is 55.6 Å². The van der Waals surface area contributed by atoms with Gasteiger partial charge in [-0.15, -0.1) is 0 Å². The van der Waals surface area contributed by atoms with Gasteiger partial charge >= 0.3 is 0 Å². The average Bonchev–Trinajstić information content (AvgIpc) is 3.04. The number of benzene rings is 2. The Balaban J connectivity index is 1.86. The number of tetrazole rings is 1. The molecule has 1 aliphatic heterocycles. The quantitative estimate of drug-likeness (QED) is 0.788. The Bertz CT molecular complexity index is 841. The number of rotatable bonds is 2. The lowest BCUT2D eigenvalue weighted by Gasteiger charge is -2.24. The van der Waals surface area contributed by atoms with Gasteiger partial charge in [-0.25, -0.2) is 0 Å². The molecule has 108 valence electrons. The molecule has 1 aliphatic rings. The third-order valence-corrected chi connectivity index (χ3v) is 3.98. The Kier molecular flexibility index (Phi) is 3.12. The molecule has 0 amide bonds. The third-order valence-electron chi connectivity index (χ3n) is 3.64. The van der Waals surface area contributed by atoms with E-state index in [-0.39, 0.29) is 6.04 Å². The van der Waals surface area contributed by atoms with Crippen LogP contribution < -0.4 is 5.32 Å². The van der Waals surface area contributed by atoms with Crippen LogP contribution in [0.3, 0.4) is 0 Å². The number of aromatic nitrogens is 4.